The van der Waals surface area contributed by atoms with Gasteiger partial charge in [-0.3, -0.25) is 14.3 Å². The Kier molecular flexibility index (Phi) is 7.72. The Bertz CT molecular complexity index is 1090. The van der Waals surface area contributed by atoms with Gasteiger partial charge in [-0.15, -0.1) is 15.9 Å². The number of carbonyl (C=O) groups excluding carboxylic acids is 2. The number of carbonyl (C=O) groups is 2. The fourth-order valence-corrected chi connectivity index (χ4v) is 4.14. The molecule has 1 aromatic heterocycles. The first kappa shape index (κ1) is 23.2. The number of methoxy groups -OCH3 is 1. The Hall–Kier alpha value is -2.05. The van der Waals surface area contributed by atoms with Crippen molar-refractivity contribution in [2.75, 3.05) is 11.8 Å². The number of ether oxygens (including phenoxy) is 1. The van der Waals surface area contributed by atoms with E-state index >= 15 is 0 Å². The molecule has 0 saturated heterocycles. The van der Waals surface area contributed by atoms with Crippen LogP contribution in [0.15, 0.2) is 52.8 Å². The summed E-state index contributed by atoms with van der Waals surface area (Å²) in [5.74, 6) is -1.23. The number of aromatic nitrogens is 2. The fourth-order valence-electron chi connectivity index (χ4n) is 2.23. The summed E-state index contributed by atoms with van der Waals surface area (Å²) in [7, 11) is -2.46. The monoisotopic (exact) mass is 442 g/mol. The second-order valence-electron chi connectivity index (χ2n) is 5.54. The van der Waals surface area contributed by atoms with Gasteiger partial charge in [0.2, 0.25) is 16.7 Å². The minimum Gasteiger partial charge on any atom is -0.655 e. The van der Waals surface area contributed by atoms with Crippen LogP contribution in [-0.4, -0.2) is 37.3 Å². The fraction of sp³-hybridized carbons (Fsp3) is 0.176. The first-order chi connectivity index (χ1) is 13.3. The van der Waals surface area contributed by atoms with Crippen LogP contribution in [0, 0.1) is 0 Å². The van der Waals surface area contributed by atoms with Gasteiger partial charge in [-0.1, -0.05) is 36.1 Å². The van der Waals surface area contributed by atoms with Gasteiger partial charge in [0.05, 0.1) is 12.0 Å². The molecule has 1 aromatic carbocycles. The molecule has 0 spiro atoms. The molecular weight excluding hydrogens is 427 g/mol. The molecule has 0 atom stereocenters. The molecule has 2 aromatic rings. The molecule has 1 heterocycles. The summed E-state index contributed by atoms with van der Waals surface area (Å²) in [5, 5.41) is 12.8. The van der Waals surface area contributed by atoms with Crippen molar-refractivity contribution in [3.63, 3.8) is 0 Å². The summed E-state index contributed by atoms with van der Waals surface area (Å²) in [6.07, 6.45) is 2.81. The third kappa shape index (κ3) is 5.52. The number of allylic oxidation sites excluding steroid dienone is 2. The Morgan fingerprint density at radius 2 is 1.76 bits per heavy atom. The van der Waals surface area contributed by atoms with E-state index in [1.165, 1.54) is 42.7 Å². The largest absolute Gasteiger partial charge is 1.00 e. The van der Waals surface area contributed by atoms with Crippen molar-refractivity contribution in [2.24, 2.45) is 0 Å². The van der Waals surface area contributed by atoms with E-state index in [1.54, 1.807) is 0 Å². The van der Waals surface area contributed by atoms with Crippen molar-refractivity contribution in [3.05, 3.63) is 58.2 Å². The van der Waals surface area contributed by atoms with Crippen LogP contribution >= 0.6 is 11.3 Å². The minimum absolute atomic E-state index is 0. The van der Waals surface area contributed by atoms with Crippen molar-refractivity contribution in [1.82, 2.24) is 10.2 Å². The van der Waals surface area contributed by atoms with Crippen LogP contribution in [0.3, 0.4) is 0 Å². The van der Waals surface area contributed by atoms with E-state index < -0.39 is 21.6 Å². The van der Waals surface area contributed by atoms with Gasteiger partial charge in [0, 0.05) is 6.08 Å². The number of sulfonamides is 1. The first-order valence-electron chi connectivity index (χ1n) is 8.05. The number of nitrogens with one attached hydrogen (secondary N) is 1. The summed E-state index contributed by atoms with van der Waals surface area (Å²) in [6.45, 7) is 1.90. The molecule has 0 unspecified atom stereocenters. The second-order valence-corrected chi connectivity index (χ2v) is 8.28. The van der Waals surface area contributed by atoms with Gasteiger partial charge in [0.15, 0.2) is 0 Å². The zero-order valence-electron chi connectivity index (χ0n) is 15.9. The number of hydrogen-bond acceptors (Lipinski definition) is 8. The molecular formula is C17H15N4NaO5S2. The summed E-state index contributed by atoms with van der Waals surface area (Å²) in [5.41, 5.74) is 0.571. The number of hydrogen-bond donors (Lipinski definition) is 1. The molecule has 0 saturated carbocycles. The maximum Gasteiger partial charge on any atom is 1.00 e. The predicted octanol–water partition coefficient (Wildman–Crippen LogP) is -0.523. The number of benzene rings is 1. The molecule has 3 rings (SSSR count). The van der Waals surface area contributed by atoms with Gasteiger partial charge in [0.1, 0.15) is 10.8 Å². The zero-order chi connectivity index (χ0) is 20.3. The van der Waals surface area contributed by atoms with Gasteiger partial charge < -0.3 is 10.1 Å². The number of nitrogens with zero attached hydrogens (tertiary/aromatic N) is 3. The first-order valence-corrected chi connectivity index (χ1v) is 10.4. The number of aryl methyl sites for hydroxylation is 1. The van der Waals surface area contributed by atoms with E-state index in [4.69, 9.17) is 4.74 Å². The number of ketones is 2. The summed E-state index contributed by atoms with van der Waals surface area (Å²) < 4.78 is 32.3. The van der Waals surface area contributed by atoms with Crippen molar-refractivity contribution in [3.8, 4) is 0 Å². The molecule has 9 nitrogen and oxygen atoms in total. The van der Waals surface area contributed by atoms with Gasteiger partial charge in [-0.2, -0.15) is 0 Å². The van der Waals surface area contributed by atoms with Crippen LogP contribution in [0.25, 0.3) is 5.32 Å². The number of anilines is 1. The third-order valence-electron chi connectivity index (χ3n) is 3.63. The van der Waals surface area contributed by atoms with E-state index in [-0.39, 0.29) is 51.0 Å². The smallest absolute Gasteiger partial charge is 0.655 e. The number of rotatable bonds is 7. The van der Waals surface area contributed by atoms with E-state index in [0.717, 1.165) is 17.2 Å². The predicted molar refractivity (Wildman–Crippen MR) is 103 cm³/mol. The van der Waals surface area contributed by atoms with Crippen molar-refractivity contribution >= 4 is 43.7 Å². The van der Waals surface area contributed by atoms with E-state index in [0.29, 0.717) is 12.1 Å². The van der Waals surface area contributed by atoms with Crippen molar-refractivity contribution in [1.29, 1.82) is 0 Å². The zero-order valence-corrected chi connectivity index (χ0v) is 19.5. The standard InChI is InChI=1S/C17H16N4O5S2.Na/c1-3-16-19-20-17(27-16)21-28(24,25)11-6-4-10(5-7-11)18-12-8-13(22)14(23)9-15(12)26-2;/h4-9H,3H2,1-2H3,(H2,18,20,21,22);/q;+1/p-1. The summed E-state index contributed by atoms with van der Waals surface area (Å²) in [6, 6.07) is 5.69. The molecule has 0 fully saturated rings. The molecule has 0 amide bonds. The normalized spacial score (nSPS) is 13.9. The van der Waals surface area contributed by atoms with Crippen molar-refractivity contribution in [2.45, 2.75) is 18.2 Å². The molecule has 1 aliphatic rings. The van der Waals surface area contributed by atoms with E-state index in [9.17, 15) is 18.0 Å². The molecule has 29 heavy (non-hydrogen) atoms. The molecule has 1 N–H and O–H groups in total. The average molecular weight is 442 g/mol. The van der Waals surface area contributed by atoms with Crippen LogP contribution in [-0.2, 0) is 30.8 Å². The topological polar surface area (TPSA) is 129 Å². The van der Waals surface area contributed by atoms with Crippen LogP contribution in [0.4, 0.5) is 10.8 Å². The van der Waals surface area contributed by atoms with Crippen LogP contribution < -0.4 is 34.3 Å². The van der Waals surface area contributed by atoms with Gasteiger partial charge in [-0.25, -0.2) is 8.42 Å². The summed E-state index contributed by atoms with van der Waals surface area (Å²) in [4.78, 5) is 23.0. The van der Waals surface area contributed by atoms with E-state index in [1.807, 2.05) is 6.92 Å². The quantitative estimate of drug-likeness (QED) is 0.347. The molecule has 1 aliphatic carbocycles. The molecule has 12 heteroatoms. The SMILES string of the molecule is CCc1nnc(NS(=O)(=O)c2ccc([N-]C3=CC(=O)C(=O)C=C3OC)cc2)s1.[Na+]. The van der Waals surface area contributed by atoms with Gasteiger partial charge >= 0.3 is 29.6 Å². The molecule has 0 aliphatic heterocycles. The van der Waals surface area contributed by atoms with Gasteiger partial charge in [-0.05, 0) is 24.6 Å². The van der Waals surface area contributed by atoms with Crippen LogP contribution in [0.1, 0.15) is 11.9 Å². The molecule has 146 valence electrons. The van der Waals surface area contributed by atoms with Gasteiger partial charge in [0.25, 0.3) is 10.0 Å². The maximum atomic E-state index is 12.5. The Morgan fingerprint density at radius 3 is 2.34 bits per heavy atom. The van der Waals surface area contributed by atoms with Crippen LogP contribution in [0.2, 0.25) is 0 Å². The summed E-state index contributed by atoms with van der Waals surface area (Å²) >= 11 is 1.17. The van der Waals surface area contributed by atoms with E-state index in [2.05, 4.69) is 20.2 Å². The third-order valence-corrected chi connectivity index (χ3v) is 6.10. The van der Waals surface area contributed by atoms with Crippen LogP contribution in [0.5, 0.6) is 0 Å². The Morgan fingerprint density at radius 1 is 1.10 bits per heavy atom. The minimum atomic E-state index is -3.82. The second kappa shape index (κ2) is 9.63. The van der Waals surface area contributed by atoms with Crippen molar-refractivity contribution < 1.29 is 52.3 Å². The maximum absolute atomic E-state index is 12.5. The average Bonchev–Trinajstić information content (AvgIpc) is 3.12. The Labute approximate surface area is 193 Å². The Balaban J connectivity index is 0.00000300. The molecule has 0 bridgehead atoms. The molecule has 0 radical (unpaired) electrons.